The molecule has 0 saturated carbocycles. The van der Waals surface area contributed by atoms with E-state index in [1.165, 1.54) is 18.9 Å². The highest BCUT2D eigenvalue weighted by Crippen LogP contribution is 2.33. The summed E-state index contributed by atoms with van der Waals surface area (Å²) >= 11 is 0. The van der Waals surface area contributed by atoms with Gasteiger partial charge in [-0.2, -0.15) is 0 Å². The van der Waals surface area contributed by atoms with Gasteiger partial charge in [0.25, 0.3) is 5.88 Å². The molecule has 0 bridgehead atoms. The molecule has 0 atom stereocenters. The number of methoxy groups -OCH3 is 1. The van der Waals surface area contributed by atoms with Crippen LogP contribution in [-0.4, -0.2) is 68.0 Å². The van der Waals surface area contributed by atoms with Crippen LogP contribution in [0.25, 0.3) is 11.4 Å². The first-order valence-corrected chi connectivity index (χ1v) is 12.4. The molecule has 0 amide bonds. The van der Waals surface area contributed by atoms with E-state index in [9.17, 15) is 5.11 Å². The zero-order chi connectivity index (χ0) is 26.1. The standard InChI is InChI=1S/C27H37N7O2/c1-8-17-11-21(20-10-9-18(13-22(20)35)25-28-16-24(36-7)31-32-25)29-30-23(12-17)34(6)19-14-26(2,3)33-27(4,5)15-19/h9-11,13,16,19,33,35H,8,12,14-15H2,1-7H3. The Kier molecular flexibility index (Phi) is 7.13. The van der Waals surface area contributed by atoms with Gasteiger partial charge in [0.2, 0.25) is 0 Å². The second-order valence-corrected chi connectivity index (χ2v) is 11.0. The predicted octanol–water partition coefficient (Wildman–Crippen LogP) is 4.34. The molecule has 2 aliphatic heterocycles. The molecule has 0 unspecified atom stereocenters. The monoisotopic (exact) mass is 491 g/mol. The summed E-state index contributed by atoms with van der Waals surface area (Å²) in [5.74, 6) is 1.77. The van der Waals surface area contributed by atoms with Crippen molar-refractivity contribution in [1.29, 1.82) is 0 Å². The first-order chi connectivity index (χ1) is 17.0. The fraction of sp³-hybridized carbons (Fsp3) is 0.519. The Morgan fingerprint density at radius 3 is 2.42 bits per heavy atom. The summed E-state index contributed by atoms with van der Waals surface area (Å²) in [5.41, 5.74) is 3.21. The van der Waals surface area contributed by atoms with Crippen LogP contribution in [0.3, 0.4) is 0 Å². The molecule has 9 nitrogen and oxygen atoms in total. The minimum Gasteiger partial charge on any atom is -0.507 e. The molecule has 1 fully saturated rings. The van der Waals surface area contributed by atoms with Gasteiger partial charge in [0.05, 0.1) is 19.0 Å². The Morgan fingerprint density at radius 2 is 1.83 bits per heavy atom. The third-order valence-corrected chi connectivity index (χ3v) is 6.86. The molecule has 0 aliphatic carbocycles. The maximum Gasteiger partial charge on any atom is 0.251 e. The minimum atomic E-state index is 0.0421. The molecule has 4 rings (SSSR count). The van der Waals surface area contributed by atoms with Crippen molar-refractivity contribution >= 4 is 11.5 Å². The van der Waals surface area contributed by atoms with Gasteiger partial charge < -0.3 is 20.1 Å². The van der Waals surface area contributed by atoms with Crippen LogP contribution in [0.5, 0.6) is 11.6 Å². The van der Waals surface area contributed by atoms with Crippen molar-refractivity contribution in [1.82, 2.24) is 25.4 Å². The van der Waals surface area contributed by atoms with Gasteiger partial charge >= 0.3 is 0 Å². The number of piperidine rings is 1. The number of amidine groups is 1. The first kappa shape index (κ1) is 25.8. The number of phenols is 1. The number of rotatable bonds is 5. The van der Waals surface area contributed by atoms with Gasteiger partial charge in [-0.15, -0.1) is 20.4 Å². The summed E-state index contributed by atoms with van der Waals surface area (Å²) in [6, 6.07) is 5.65. The van der Waals surface area contributed by atoms with E-state index in [0.717, 1.165) is 31.5 Å². The fourth-order valence-corrected chi connectivity index (χ4v) is 5.31. The Hall–Kier alpha value is -3.33. The Balaban J connectivity index is 1.62. The molecule has 1 saturated heterocycles. The van der Waals surface area contributed by atoms with Crippen LogP contribution in [0.15, 0.2) is 46.2 Å². The van der Waals surface area contributed by atoms with Crippen LogP contribution < -0.4 is 10.1 Å². The molecule has 9 heteroatoms. The Morgan fingerprint density at radius 1 is 1.11 bits per heavy atom. The lowest BCUT2D eigenvalue weighted by molar-refractivity contribution is 0.113. The lowest BCUT2D eigenvalue weighted by atomic mass is 9.79. The van der Waals surface area contributed by atoms with E-state index < -0.39 is 0 Å². The maximum atomic E-state index is 10.9. The molecule has 36 heavy (non-hydrogen) atoms. The van der Waals surface area contributed by atoms with Gasteiger partial charge in [0.1, 0.15) is 11.6 Å². The summed E-state index contributed by atoms with van der Waals surface area (Å²) in [6.45, 7) is 11.2. The van der Waals surface area contributed by atoms with Crippen molar-refractivity contribution in [2.24, 2.45) is 10.2 Å². The van der Waals surface area contributed by atoms with Gasteiger partial charge in [-0.1, -0.05) is 18.6 Å². The van der Waals surface area contributed by atoms with Crippen LogP contribution in [0.2, 0.25) is 0 Å². The molecule has 0 spiro atoms. The Labute approximate surface area is 213 Å². The van der Waals surface area contributed by atoms with Crippen molar-refractivity contribution in [3.05, 3.63) is 41.6 Å². The zero-order valence-corrected chi connectivity index (χ0v) is 22.3. The Bertz CT molecular complexity index is 1180. The van der Waals surface area contributed by atoms with Crippen LogP contribution in [0.1, 0.15) is 65.9 Å². The van der Waals surface area contributed by atoms with E-state index >= 15 is 0 Å². The minimum absolute atomic E-state index is 0.0421. The summed E-state index contributed by atoms with van der Waals surface area (Å²) in [4.78, 5) is 6.56. The lowest BCUT2D eigenvalue weighted by Crippen LogP contribution is -2.62. The number of benzene rings is 1. The van der Waals surface area contributed by atoms with E-state index in [-0.39, 0.29) is 16.8 Å². The summed E-state index contributed by atoms with van der Waals surface area (Å²) < 4.78 is 5.02. The van der Waals surface area contributed by atoms with Gasteiger partial charge in [0, 0.05) is 41.7 Å². The third kappa shape index (κ3) is 5.73. The van der Waals surface area contributed by atoms with E-state index in [2.05, 4.69) is 77.3 Å². The van der Waals surface area contributed by atoms with Crippen LogP contribution in [0.4, 0.5) is 0 Å². The van der Waals surface area contributed by atoms with Gasteiger partial charge in [-0.3, -0.25) is 0 Å². The number of aromatic nitrogens is 3. The normalized spacial score (nSPS) is 19.6. The van der Waals surface area contributed by atoms with Crippen LogP contribution >= 0.6 is 0 Å². The molecule has 1 aromatic carbocycles. The molecule has 3 heterocycles. The van der Waals surface area contributed by atoms with Crippen molar-refractivity contribution < 1.29 is 9.84 Å². The molecule has 2 N–H and O–H groups in total. The number of phenolic OH excluding ortho intramolecular Hbond substituents is 1. The molecule has 0 radical (unpaired) electrons. The number of ether oxygens (including phenoxy) is 1. The number of hydrogen-bond donors (Lipinski definition) is 2. The van der Waals surface area contributed by atoms with Crippen molar-refractivity contribution in [2.45, 2.75) is 77.4 Å². The highest BCUT2D eigenvalue weighted by Gasteiger charge is 2.40. The number of allylic oxidation sites excluding steroid dienone is 1. The average molecular weight is 492 g/mol. The van der Waals surface area contributed by atoms with Gasteiger partial charge in [-0.05, 0) is 65.2 Å². The largest absolute Gasteiger partial charge is 0.507 e. The molecule has 192 valence electrons. The zero-order valence-electron chi connectivity index (χ0n) is 22.3. The second-order valence-electron chi connectivity index (χ2n) is 11.0. The SMILES string of the molecule is CCC1=CC(c2ccc(-c3ncc(OC)nn3)cc2O)=NN=C(N(C)C2CC(C)(C)NC(C)(C)C2)C1. The number of hydrogen-bond acceptors (Lipinski definition) is 9. The number of nitrogens with one attached hydrogen (secondary N) is 1. The van der Waals surface area contributed by atoms with Crippen molar-refractivity contribution in [3.8, 4) is 23.0 Å². The van der Waals surface area contributed by atoms with Crippen molar-refractivity contribution in [2.75, 3.05) is 14.2 Å². The fourth-order valence-electron chi connectivity index (χ4n) is 5.31. The highest BCUT2D eigenvalue weighted by molar-refractivity contribution is 6.12. The lowest BCUT2D eigenvalue weighted by Gasteiger charge is -2.49. The molecular formula is C27H37N7O2. The highest BCUT2D eigenvalue weighted by atomic mass is 16.5. The summed E-state index contributed by atoms with van der Waals surface area (Å²) in [6.07, 6.45) is 7.20. The van der Waals surface area contributed by atoms with Crippen molar-refractivity contribution in [3.63, 3.8) is 0 Å². The van der Waals surface area contributed by atoms with E-state index in [4.69, 9.17) is 4.74 Å². The molecule has 2 aliphatic rings. The van der Waals surface area contributed by atoms with E-state index in [1.54, 1.807) is 6.07 Å². The van der Waals surface area contributed by atoms with E-state index in [0.29, 0.717) is 34.6 Å². The quantitative estimate of drug-likeness (QED) is 0.641. The maximum absolute atomic E-state index is 10.9. The summed E-state index contributed by atoms with van der Waals surface area (Å²) in [5, 5.41) is 31.9. The molecule has 2 aromatic rings. The van der Waals surface area contributed by atoms with Crippen LogP contribution in [-0.2, 0) is 0 Å². The smallest absolute Gasteiger partial charge is 0.251 e. The topological polar surface area (TPSA) is 108 Å². The average Bonchev–Trinajstić information content (AvgIpc) is 3.04. The number of nitrogens with zero attached hydrogens (tertiary/aromatic N) is 6. The third-order valence-electron chi connectivity index (χ3n) is 6.86. The van der Waals surface area contributed by atoms with E-state index in [1.807, 2.05) is 18.2 Å². The van der Waals surface area contributed by atoms with Gasteiger partial charge in [-0.25, -0.2) is 4.98 Å². The first-order valence-electron chi connectivity index (χ1n) is 12.4. The number of aromatic hydroxyl groups is 1. The summed E-state index contributed by atoms with van der Waals surface area (Å²) in [7, 11) is 3.64. The van der Waals surface area contributed by atoms with Crippen LogP contribution in [0, 0.1) is 0 Å². The predicted molar refractivity (Wildman–Crippen MR) is 143 cm³/mol. The molecule has 1 aromatic heterocycles. The molecular weight excluding hydrogens is 454 g/mol. The van der Waals surface area contributed by atoms with Gasteiger partial charge in [0.15, 0.2) is 5.82 Å². The second kappa shape index (κ2) is 9.97.